The van der Waals surface area contributed by atoms with Crippen molar-refractivity contribution in [2.75, 3.05) is 12.0 Å². The molecule has 0 amide bonds. The van der Waals surface area contributed by atoms with E-state index in [-0.39, 0.29) is 11.6 Å². The molecule has 0 saturated carbocycles. The highest BCUT2D eigenvalue weighted by Gasteiger charge is 2.16. The van der Waals surface area contributed by atoms with Gasteiger partial charge in [-0.15, -0.1) is 11.3 Å². The van der Waals surface area contributed by atoms with Crippen LogP contribution in [0.1, 0.15) is 39.4 Å². The lowest BCUT2D eigenvalue weighted by atomic mass is 10.1. The van der Waals surface area contributed by atoms with Crippen LogP contribution in [-0.2, 0) is 6.54 Å². The lowest BCUT2D eigenvalue weighted by Crippen LogP contribution is -2.16. The standard InChI is InChI=1S/C21H20N2O3S/c1-14(24)16-4-6-17(7-5-16)23(12-19-11-22-13-27-19)18-8-9-20(15(2)25)21(10-18)26-3/h4-11,13H,12H2,1-3H3. The minimum Gasteiger partial charge on any atom is -0.496 e. The molecule has 0 aliphatic rings. The Morgan fingerprint density at radius 2 is 1.74 bits per heavy atom. The van der Waals surface area contributed by atoms with Crippen LogP contribution in [0.25, 0.3) is 0 Å². The molecule has 27 heavy (non-hydrogen) atoms. The van der Waals surface area contributed by atoms with Crippen molar-refractivity contribution in [2.45, 2.75) is 20.4 Å². The van der Waals surface area contributed by atoms with Crippen molar-refractivity contribution in [2.24, 2.45) is 0 Å². The summed E-state index contributed by atoms with van der Waals surface area (Å²) >= 11 is 1.57. The Hall–Kier alpha value is -2.99. The molecule has 1 heterocycles. The number of rotatable bonds is 7. The Morgan fingerprint density at radius 1 is 1.04 bits per heavy atom. The molecule has 0 saturated heterocycles. The molecule has 0 N–H and O–H groups in total. The van der Waals surface area contributed by atoms with Gasteiger partial charge in [-0.05, 0) is 50.2 Å². The lowest BCUT2D eigenvalue weighted by molar-refractivity contribution is 0.100. The summed E-state index contributed by atoms with van der Waals surface area (Å²) in [6.07, 6.45) is 1.84. The van der Waals surface area contributed by atoms with E-state index >= 15 is 0 Å². The Morgan fingerprint density at radius 3 is 2.30 bits per heavy atom. The molecule has 1 aromatic heterocycles. The first-order chi connectivity index (χ1) is 13.0. The molecule has 0 aliphatic heterocycles. The zero-order valence-electron chi connectivity index (χ0n) is 15.4. The molecule has 0 atom stereocenters. The van der Waals surface area contributed by atoms with Crippen molar-refractivity contribution in [1.29, 1.82) is 0 Å². The number of carbonyl (C=O) groups excluding carboxylic acids is 2. The van der Waals surface area contributed by atoms with E-state index in [2.05, 4.69) is 9.88 Å². The minimum atomic E-state index is -0.0433. The topological polar surface area (TPSA) is 59.5 Å². The maximum atomic E-state index is 11.8. The second-order valence-corrected chi connectivity index (χ2v) is 7.07. The van der Waals surface area contributed by atoms with E-state index in [1.165, 1.54) is 6.92 Å². The number of ketones is 2. The monoisotopic (exact) mass is 380 g/mol. The van der Waals surface area contributed by atoms with E-state index in [0.717, 1.165) is 16.3 Å². The molecule has 3 aromatic rings. The van der Waals surface area contributed by atoms with Crippen LogP contribution >= 0.6 is 11.3 Å². The van der Waals surface area contributed by atoms with Crippen LogP contribution < -0.4 is 9.64 Å². The van der Waals surface area contributed by atoms with E-state index in [9.17, 15) is 9.59 Å². The zero-order chi connectivity index (χ0) is 19.4. The third-order valence-electron chi connectivity index (χ3n) is 4.26. The van der Waals surface area contributed by atoms with E-state index in [4.69, 9.17) is 4.74 Å². The van der Waals surface area contributed by atoms with Gasteiger partial charge >= 0.3 is 0 Å². The van der Waals surface area contributed by atoms with Gasteiger partial charge in [0.1, 0.15) is 5.75 Å². The molecule has 3 rings (SSSR count). The summed E-state index contributed by atoms with van der Waals surface area (Å²) in [5.41, 5.74) is 4.84. The third kappa shape index (κ3) is 4.23. The van der Waals surface area contributed by atoms with Gasteiger partial charge in [0.15, 0.2) is 11.6 Å². The molecule has 2 aromatic carbocycles. The van der Waals surface area contributed by atoms with E-state index in [1.54, 1.807) is 36.9 Å². The van der Waals surface area contributed by atoms with Gasteiger partial charge in [-0.25, -0.2) is 0 Å². The van der Waals surface area contributed by atoms with Gasteiger partial charge in [0, 0.05) is 34.1 Å². The fourth-order valence-corrected chi connectivity index (χ4v) is 3.40. The summed E-state index contributed by atoms with van der Waals surface area (Å²) in [5, 5.41) is 0. The first-order valence-corrected chi connectivity index (χ1v) is 9.32. The molecule has 0 unspecified atom stereocenters. The molecule has 0 spiro atoms. The maximum absolute atomic E-state index is 11.8. The Kier molecular flexibility index (Phi) is 5.66. The smallest absolute Gasteiger partial charge is 0.163 e. The van der Waals surface area contributed by atoms with E-state index in [1.807, 2.05) is 42.6 Å². The number of aromatic nitrogens is 1. The van der Waals surface area contributed by atoms with Crippen LogP contribution in [0.4, 0.5) is 11.4 Å². The van der Waals surface area contributed by atoms with Crippen molar-refractivity contribution >= 4 is 34.3 Å². The number of methoxy groups -OCH3 is 1. The van der Waals surface area contributed by atoms with Gasteiger partial charge in [-0.2, -0.15) is 0 Å². The first kappa shape index (κ1) is 18.8. The molecule has 0 fully saturated rings. The fraction of sp³-hybridized carbons (Fsp3) is 0.190. The summed E-state index contributed by atoms with van der Waals surface area (Å²) in [4.78, 5) is 30.7. The lowest BCUT2D eigenvalue weighted by Gasteiger charge is -2.25. The SMILES string of the molecule is COc1cc(N(Cc2cncs2)c2ccc(C(C)=O)cc2)ccc1C(C)=O. The van der Waals surface area contributed by atoms with Gasteiger partial charge in [0.25, 0.3) is 0 Å². The molecular formula is C21H20N2O3S. The number of benzene rings is 2. The van der Waals surface area contributed by atoms with Crippen LogP contribution in [0, 0.1) is 0 Å². The average molecular weight is 380 g/mol. The molecular weight excluding hydrogens is 360 g/mol. The quantitative estimate of drug-likeness (QED) is 0.546. The second kappa shape index (κ2) is 8.14. The Labute approximate surface area is 162 Å². The fourth-order valence-electron chi connectivity index (χ4n) is 2.82. The number of ether oxygens (including phenoxy) is 1. The Bertz CT molecular complexity index is 950. The highest BCUT2D eigenvalue weighted by atomic mass is 32.1. The van der Waals surface area contributed by atoms with Gasteiger partial charge in [-0.1, -0.05) is 0 Å². The van der Waals surface area contributed by atoms with Crippen molar-refractivity contribution in [3.8, 4) is 5.75 Å². The van der Waals surface area contributed by atoms with Crippen LogP contribution in [0.5, 0.6) is 5.75 Å². The average Bonchev–Trinajstić information content (AvgIpc) is 3.19. The van der Waals surface area contributed by atoms with E-state index < -0.39 is 0 Å². The van der Waals surface area contributed by atoms with Gasteiger partial charge in [0.05, 0.1) is 24.7 Å². The van der Waals surface area contributed by atoms with Gasteiger partial charge < -0.3 is 9.64 Å². The molecule has 0 aliphatic carbocycles. The molecule has 138 valence electrons. The molecule has 6 heteroatoms. The predicted octanol–water partition coefficient (Wildman–Crippen LogP) is 4.90. The van der Waals surface area contributed by atoms with E-state index in [0.29, 0.717) is 23.4 Å². The summed E-state index contributed by atoms with van der Waals surface area (Å²) in [6, 6.07) is 13.0. The van der Waals surface area contributed by atoms with Crippen LogP contribution in [0.3, 0.4) is 0 Å². The second-order valence-electron chi connectivity index (χ2n) is 6.10. The summed E-state index contributed by atoms with van der Waals surface area (Å²) in [7, 11) is 1.56. The number of Topliss-reactive ketones (excluding diaryl/α,β-unsaturated/α-hetero) is 2. The molecule has 0 bridgehead atoms. The highest BCUT2D eigenvalue weighted by molar-refractivity contribution is 7.09. The van der Waals surface area contributed by atoms with Crippen molar-refractivity contribution in [3.63, 3.8) is 0 Å². The summed E-state index contributed by atoms with van der Waals surface area (Å²) in [6.45, 7) is 3.69. The number of hydrogen-bond acceptors (Lipinski definition) is 6. The normalized spacial score (nSPS) is 10.5. The van der Waals surface area contributed by atoms with Gasteiger partial charge in [-0.3, -0.25) is 14.6 Å². The maximum Gasteiger partial charge on any atom is 0.163 e. The molecule has 5 nitrogen and oxygen atoms in total. The number of thiazole rings is 1. The van der Waals surface area contributed by atoms with Crippen LogP contribution in [0.15, 0.2) is 54.2 Å². The van der Waals surface area contributed by atoms with Gasteiger partial charge in [0.2, 0.25) is 0 Å². The third-order valence-corrected chi connectivity index (χ3v) is 5.02. The number of anilines is 2. The summed E-state index contributed by atoms with van der Waals surface area (Å²) < 4.78 is 5.42. The zero-order valence-corrected chi connectivity index (χ0v) is 16.2. The highest BCUT2D eigenvalue weighted by Crippen LogP contribution is 2.33. The van der Waals surface area contributed by atoms with Crippen LogP contribution in [-0.4, -0.2) is 23.7 Å². The predicted molar refractivity (Wildman–Crippen MR) is 107 cm³/mol. The first-order valence-electron chi connectivity index (χ1n) is 8.44. The number of hydrogen-bond donors (Lipinski definition) is 0. The largest absolute Gasteiger partial charge is 0.496 e. The Balaban J connectivity index is 2.04. The van der Waals surface area contributed by atoms with Crippen molar-refractivity contribution in [3.05, 3.63) is 70.2 Å². The van der Waals surface area contributed by atoms with Crippen molar-refractivity contribution in [1.82, 2.24) is 4.98 Å². The number of carbonyl (C=O) groups is 2. The molecule has 0 radical (unpaired) electrons. The number of nitrogens with zero attached hydrogens (tertiary/aromatic N) is 2. The van der Waals surface area contributed by atoms with Crippen LogP contribution in [0.2, 0.25) is 0 Å². The minimum absolute atomic E-state index is 0.0306. The van der Waals surface area contributed by atoms with Crippen molar-refractivity contribution < 1.29 is 14.3 Å². The summed E-state index contributed by atoms with van der Waals surface area (Å²) in [5.74, 6) is 0.524.